The second-order valence-electron chi connectivity index (χ2n) is 6.26. The van der Waals surface area contributed by atoms with Gasteiger partial charge in [0.2, 0.25) is 5.91 Å². The molecule has 0 unspecified atom stereocenters. The van der Waals surface area contributed by atoms with Crippen LogP contribution in [0.4, 0.5) is 0 Å². The van der Waals surface area contributed by atoms with E-state index in [1.807, 2.05) is 48.0 Å². The van der Waals surface area contributed by atoms with Crippen LogP contribution in [0.15, 0.2) is 54.9 Å². The summed E-state index contributed by atoms with van der Waals surface area (Å²) >= 11 is 0. The number of hydrogen-bond donors (Lipinski definition) is 2. The second-order valence-corrected chi connectivity index (χ2v) is 6.26. The molecule has 6 heteroatoms. The van der Waals surface area contributed by atoms with E-state index in [1.54, 1.807) is 18.3 Å². The summed E-state index contributed by atoms with van der Waals surface area (Å²) in [5, 5.41) is 12.8. The summed E-state index contributed by atoms with van der Waals surface area (Å²) in [7, 11) is 1.51. The van der Waals surface area contributed by atoms with Crippen molar-refractivity contribution in [1.82, 2.24) is 14.9 Å². The summed E-state index contributed by atoms with van der Waals surface area (Å²) in [5.41, 5.74) is 2.92. The molecular formula is C21H23N3O3. The van der Waals surface area contributed by atoms with E-state index < -0.39 is 0 Å². The molecule has 0 spiro atoms. The molecule has 0 aliphatic heterocycles. The highest BCUT2D eigenvalue weighted by Crippen LogP contribution is 2.26. The minimum Gasteiger partial charge on any atom is -0.504 e. The van der Waals surface area contributed by atoms with Gasteiger partial charge in [0.15, 0.2) is 11.5 Å². The lowest BCUT2D eigenvalue weighted by atomic mass is 10.1. The third kappa shape index (κ3) is 4.47. The number of amides is 1. The molecule has 0 atom stereocenters. The summed E-state index contributed by atoms with van der Waals surface area (Å²) in [4.78, 5) is 16.5. The third-order valence-corrected chi connectivity index (χ3v) is 4.44. The predicted molar refractivity (Wildman–Crippen MR) is 103 cm³/mol. The predicted octanol–water partition coefficient (Wildman–Crippen LogP) is 3.14. The number of aromatic nitrogens is 2. The molecule has 1 heterocycles. The number of phenols is 1. The van der Waals surface area contributed by atoms with Gasteiger partial charge in [-0.1, -0.05) is 24.3 Å². The van der Waals surface area contributed by atoms with Gasteiger partial charge in [0.25, 0.3) is 0 Å². The number of ether oxygens (including phenoxy) is 1. The smallest absolute Gasteiger partial charge is 0.220 e. The van der Waals surface area contributed by atoms with Crippen molar-refractivity contribution in [3.05, 3.63) is 71.8 Å². The van der Waals surface area contributed by atoms with E-state index in [-0.39, 0.29) is 11.7 Å². The van der Waals surface area contributed by atoms with Crippen LogP contribution in [0.3, 0.4) is 0 Å². The largest absolute Gasteiger partial charge is 0.504 e. The van der Waals surface area contributed by atoms with Crippen molar-refractivity contribution in [2.45, 2.75) is 26.3 Å². The zero-order chi connectivity index (χ0) is 19.2. The second kappa shape index (κ2) is 8.40. The standard InChI is InChI=1S/C21H23N3O3/c1-15-22-11-12-24(15)18-6-4-3-5-17(18)14-23-21(26)10-8-16-7-9-20(27-2)19(25)13-16/h3-7,9,11-13,25H,8,10,14H2,1-2H3,(H,23,26). The first-order valence-corrected chi connectivity index (χ1v) is 8.79. The van der Waals surface area contributed by atoms with Crippen LogP contribution in [0, 0.1) is 6.92 Å². The van der Waals surface area contributed by atoms with Crippen molar-refractivity contribution in [3.63, 3.8) is 0 Å². The Bertz CT molecular complexity index is 934. The van der Waals surface area contributed by atoms with Gasteiger partial charge in [-0.05, 0) is 42.7 Å². The minimum atomic E-state index is -0.0394. The number of nitrogens with zero attached hydrogens (tertiary/aromatic N) is 2. The van der Waals surface area contributed by atoms with Gasteiger partial charge in [-0.2, -0.15) is 0 Å². The fraction of sp³-hybridized carbons (Fsp3) is 0.238. The number of aromatic hydroxyl groups is 1. The van der Waals surface area contributed by atoms with Crippen LogP contribution in [0.25, 0.3) is 5.69 Å². The third-order valence-electron chi connectivity index (χ3n) is 4.44. The molecule has 0 radical (unpaired) electrons. The SMILES string of the molecule is COc1ccc(CCC(=O)NCc2ccccc2-n2ccnc2C)cc1O. The number of carbonyl (C=O) groups excluding carboxylic acids is 1. The van der Waals surface area contributed by atoms with Crippen LogP contribution in [0.5, 0.6) is 11.5 Å². The van der Waals surface area contributed by atoms with Crippen molar-refractivity contribution in [3.8, 4) is 17.2 Å². The number of para-hydroxylation sites is 1. The summed E-state index contributed by atoms with van der Waals surface area (Å²) in [6.07, 6.45) is 4.56. The summed E-state index contributed by atoms with van der Waals surface area (Å²) in [6.45, 7) is 2.39. The molecule has 0 aliphatic rings. The molecule has 2 N–H and O–H groups in total. The normalized spacial score (nSPS) is 10.6. The average molecular weight is 365 g/mol. The fourth-order valence-corrected chi connectivity index (χ4v) is 2.96. The summed E-state index contributed by atoms with van der Waals surface area (Å²) in [6, 6.07) is 13.1. The molecule has 27 heavy (non-hydrogen) atoms. The van der Waals surface area contributed by atoms with E-state index >= 15 is 0 Å². The summed E-state index contributed by atoms with van der Waals surface area (Å²) in [5.74, 6) is 1.37. The van der Waals surface area contributed by atoms with E-state index in [0.29, 0.717) is 25.1 Å². The fourth-order valence-electron chi connectivity index (χ4n) is 2.96. The van der Waals surface area contributed by atoms with Crippen molar-refractivity contribution in [2.75, 3.05) is 7.11 Å². The number of imidazole rings is 1. The van der Waals surface area contributed by atoms with Gasteiger partial charge in [0.05, 0.1) is 12.8 Å². The number of phenolic OH excluding ortho intramolecular Hbond substituents is 1. The molecule has 3 rings (SSSR count). The van der Waals surface area contributed by atoms with Crippen LogP contribution in [0.2, 0.25) is 0 Å². The molecule has 0 saturated heterocycles. The molecule has 2 aromatic carbocycles. The first kappa shape index (κ1) is 18.5. The minimum absolute atomic E-state index is 0.0394. The molecule has 0 aliphatic carbocycles. The van der Waals surface area contributed by atoms with E-state index in [2.05, 4.69) is 10.3 Å². The molecular weight excluding hydrogens is 342 g/mol. The van der Waals surface area contributed by atoms with Gasteiger partial charge in [-0.15, -0.1) is 0 Å². The topological polar surface area (TPSA) is 76.4 Å². The Morgan fingerprint density at radius 1 is 1.26 bits per heavy atom. The Morgan fingerprint density at radius 3 is 2.78 bits per heavy atom. The van der Waals surface area contributed by atoms with Crippen molar-refractivity contribution < 1.29 is 14.6 Å². The Morgan fingerprint density at radius 2 is 2.07 bits per heavy atom. The van der Waals surface area contributed by atoms with Crippen molar-refractivity contribution in [2.24, 2.45) is 0 Å². The first-order valence-electron chi connectivity index (χ1n) is 8.79. The van der Waals surface area contributed by atoms with Crippen LogP contribution in [-0.4, -0.2) is 27.7 Å². The molecule has 1 amide bonds. The van der Waals surface area contributed by atoms with E-state index in [9.17, 15) is 9.90 Å². The van der Waals surface area contributed by atoms with Crippen LogP contribution < -0.4 is 10.1 Å². The Labute approximate surface area is 158 Å². The van der Waals surface area contributed by atoms with Gasteiger partial charge in [0, 0.05) is 25.4 Å². The maximum absolute atomic E-state index is 12.2. The molecule has 6 nitrogen and oxygen atoms in total. The number of benzene rings is 2. The van der Waals surface area contributed by atoms with Crippen LogP contribution in [0.1, 0.15) is 23.4 Å². The van der Waals surface area contributed by atoms with E-state index in [0.717, 1.165) is 22.6 Å². The van der Waals surface area contributed by atoms with Crippen LogP contribution >= 0.6 is 0 Å². The number of methoxy groups -OCH3 is 1. The molecule has 3 aromatic rings. The lowest BCUT2D eigenvalue weighted by Gasteiger charge is -2.13. The molecule has 1 aromatic heterocycles. The number of nitrogens with one attached hydrogen (secondary N) is 1. The Balaban J connectivity index is 1.59. The lowest BCUT2D eigenvalue weighted by molar-refractivity contribution is -0.121. The zero-order valence-electron chi connectivity index (χ0n) is 15.5. The Kier molecular flexibility index (Phi) is 5.76. The van der Waals surface area contributed by atoms with Gasteiger partial charge in [-0.25, -0.2) is 4.98 Å². The number of hydrogen-bond acceptors (Lipinski definition) is 4. The quantitative estimate of drug-likeness (QED) is 0.674. The molecule has 140 valence electrons. The van der Waals surface area contributed by atoms with Gasteiger partial charge < -0.3 is 19.7 Å². The molecule has 0 bridgehead atoms. The molecule has 0 saturated carbocycles. The number of rotatable bonds is 7. The highest BCUT2D eigenvalue weighted by atomic mass is 16.5. The van der Waals surface area contributed by atoms with Crippen molar-refractivity contribution in [1.29, 1.82) is 0 Å². The van der Waals surface area contributed by atoms with Crippen molar-refractivity contribution >= 4 is 5.91 Å². The van der Waals surface area contributed by atoms with E-state index in [4.69, 9.17) is 4.74 Å². The maximum atomic E-state index is 12.2. The average Bonchev–Trinajstić information content (AvgIpc) is 3.10. The summed E-state index contributed by atoms with van der Waals surface area (Å²) < 4.78 is 7.03. The number of aryl methyl sites for hydroxylation is 2. The monoisotopic (exact) mass is 365 g/mol. The highest BCUT2D eigenvalue weighted by molar-refractivity contribution is 5.76. The maximum Gasteiger partial charge on any atom is 0.220 e. The van der Waals surface area contributed by atoms with Gasteiger partial charge in [0.1, 0.15) is 5.82 Å². The van der Waals surface area contributed by atoms with Gasteiger partial charge >= 0.3 is 0 Å². The highest BCUT2D eigenvalue weighted by Gasteiger charge is 2.09. The lowest BCUT2D eigenvalue weighted by Crippen LogP contribution is -2.23. The number of carbonyl (C=O) groups is 1. The Hall–Kier alpha value is -3.28. The van der Waals surface area contributed by atoms with Gasteiger partial charge in [-0.3, -0.25) is 4.79 Å². The zero-order valence-corrected chi connectivity index (χ0v) is 15.5. The van der Waals surface area contributed by atoms with E-state index in [1.165, 1.54) is 7.11 Å². The molecule has 0 fully saturated rings. The van der Waals surface area contributed by atoms with Crippen LogP contribution in [-0.2, 0) is 17.8 Å². The first-order chi connectivity index (χ1) is 13.1.